The number of amides is 1. The van der Waals surface area contributed by atoms with Gasteiger partial charge in [-0.2, -0.15) is 0 Å². The molecule has 1 aliphatic rings. The van der Waals surface area contributed by atoms with Crippen molar-refractivity contribution in [1.82, 2.24) is 9.62 Å². The number of fused-ring (bicyclic) bond motifs is 1. The van der Waals surface area contributed by atoms with Gasteiger partial charge in [-0.15, -0.1) is 22.7 Å². The molecular formula is C16H18N2O5S3. The second kappa shape index (κ2) is 8.30. The van der Waals surface area contributed by atoms with Gasteiger partial charge in [-0.3, -0.25) is 9.59 Å². The summed E-state index contributed by atoms with van der Waals surface area (Å²) < 4.78 is 31.3. The molecule has 140 valence electrons. The monoisotopic (exact) mass is 414 g/mol. The number of hydrogen-bond acceptors (Lipinski definition) is 7. The van der Waals surface area contributed by atoms with Crippen LogP contribution >= 0.6 is 22.7 Å². The molecule has 3 heterocycles. The van der Waals surface area contributed by atoms with Crippen molar-refractivity contribution in [2.45, 2.75) is 23.6 Å². The molecule has 0 atom stereocenters. The topological polar surface area (TPSA) is 92.8 Å². The molecule has 7 nitrogen and oxygen atoms in total. The van der Waals surface area contributed by atoms with Crippen LogP contribution < -0.4 is 4.72 Å². The van der Waals surface area contributed by atoms with Crippen molar-refractivity contribution < 1.29 is 22.7 Å². The molecule has 1 aliphatic heterocycles. The van der Waals surface area contributed by atoms with Crippen molar-refractivity contribution in [3.05, 3.63) is 39.4 Å². The Morgan fingerprint density at radius 2 is 2.08 bits per heavy atom. The third-order valence-corrected chi connectivity index (χ3v) is 7.78. The lowest BCUT2D eigenvalue weighted by molar-refractivity contribution is -0.152. The number of thiophene rings is 2. The fourth-order valence-electron chi connectivity index (χ4n) is 2.54. The zero-order valence-electron chi connectivity index (χ0n) is 13.8. The van der Waals surface area contributed by atoms with Gasteiger partial charge in [-0.05, 0) is 34.9 Å². The van der Waals surface area contributed by atoms with E-state index in [1.165, 1.54) is 10.9 Å². The fourth-order valence-corrected chi connectivity index (χ4v) is 5.50. The highest BCUT2D eigenvalue weighted by Crippen LogP contribution is 2.24. The molecule has 0 aliphatic carbocycles. The molecular weight excluding hydrogens is 396 g/mol. The van der Waals surface area contributed by atoms with E-state index >= 15 is 0 Å². The van der Waals surface area contributed by atoms with Crippen LogP contribution in [-0.2, 0) is 37.3 Å². The van der Waals surface area contributed by atoms with Gasteiger partial charge in [0.05, 0.1) is 6.42 Å². The second-order valence-corrected chi connectivity index (χ2v) is 9.62. The molecule has 0 fully saturated rings. The summed E-state index contributed by atoms with van der Waals surface area (Å²) in [6.45, 7) is 0.756. The van der Waals surface area contributed by atoms with Gasteiger partial charge in [-0.25, -0.2) is 13.1 Å². The maximum absolute atomic E-state index is 12.2. The molecule has 0 saturated carbocycles. The summed E-state index contributed by atoms with van der Waals surface area (Å²) in [4.78, 5) is 26.9. The van der Waals surface area contributed by atoms with Crippen molar-refractivity contribution in [2.24, 2.45) is 0 Å². The van der Waals surface area contributed by atoms with E-state index < -0.39 is 16.0 Å². The van der Waals surface area contributed by atoms with E-state index in [1.807, 2.05) is 11.4 Å². The van der Waals surface area contributed by atoms with Crippen LogP contribution in [0.2, 0.25) is 0 Å². The Labute approximate surface area is 159 Å². The smallest absolute Gasteiger partial charge is 0.307 e. The van der Waals surface area contributed by atoms with Gasteiger partial charge in [-0.1, -0.05) is 6.07 Å². The summed E-state index contributed by atoms with van der Waals surface area (Å²) in [7, 11) is -3.60. The zero-order chi connectivity index (χ0) is 18.6. The van der Waals surface area contributed by atoms with Crippen LogP contribution in [-0.4, -0.2) is 44.9 Å². The number of hydrogen-bond donors (Lipinski definition) is 1. The molecule has 3 rings (SSSR count). The highest BCUT2D eigenvalue weighted by Gasteiger charge is 2.22. The van der Waals surface area contributed by atoms with E-state index in [0.717, 1.165) is 23.3 Å². The van der Waals surface area contributed by atoms with E-state index in [1.54, 1.807) is 27.7 Å². The first-order valence-corrected chi connectivity index (χ1v) is 11.2. The molecule has 0 spiro atoms. The average molecular weight is 415 g/mol. The number of ether oxygens (including phenoxy) is 1. The third kappa shape index (κ3) is 4.70. The minimum Gasteiger partial charge on any atom is -0.456 e. The predicted molar refractivity (Wildman–Crippen MR) is 98.5 cm³/mol. The van der Waals surface area contributed by atoms with Crippen LogP contribution in [0.1, 0.15) is 16.9 Å². The number of carbonyl (C=O) groups excluding carboxylic acids is 2. The Kier molecular flexibility index (Phi) is 6.07. The maximum atomic E-state index is 12.2. The van der Waals surface area contributed by atoms with Crippen LogP contribution in [0.5, 0.6) is 0 Å². The lowest BCUT2D eigenvalue weighted by atomic mass is 10.1. The largest absolute Gasteiger partial charge is 0.456 e. The Bertz CT molecular complexity index is 874. The molecule has 0 radical (unpaired) electrons. The summed E-state index contributed by atoms with van der Waals surface area (Å²) in [5.74, 6) is -0.852. The van der Waals surface area contributed by atoms with Crippen molar-refractivity contribution in [3.8, 4) is 0 Å². The molecule has 0 aromatic carbocycles. The Morgan fingerprint density at radius 3 is 2.85 bits per heavy atom. The van der Waals surface area contributed by atoms with E-state index in [4.69, 9.17) is 4.74 Å². The first-order chi connectivity index (χ1) is 12.5. The van der Waals surface area contributed by atoms with Gasteiger partial charge >= 0.3 is 5.97 Å². The summed E-state index contributed by atoms with van der Waals surface area (Å²) in [5, 5.41) is 3.67. The van der Waals surface area contributed by atoms with Crippen LogP contribution in [0.4, 0.5) is 0 Å². The molecule has 1 amide bonds. The molecule has 10 heteroatoms. The van der Waals surface area contributed by atoms with Gasteiger partial charge in [0.15, 0.2) is 6.61 Å². The van der Waals surface area contributed by atoms with Crippen molar-refractivity contribution >= 4 is 44.6 Å². The first kappa shape index (κ1) is 19.0. The lowest BCUT2D eigenvalue weighted by Crippen LogP contribution is -2.38. The van der Waals surface area contributed by atoms with Crippen LogP contribution in [0.25, 0.3) is 0 Å². The van der Waals surface area contributed by atoms with E-state index in [-0.39, 0.29) is 29.7 Å². The summed E-state index contributed by atoms with van der Waals surface area (Å²) in [5.41, 5.74) is 1.14. The average Bonchev–Trinajstić information content (AvgIpc) is 3.30. The molecule has 1 N–H and O–H groups in total. The minimum absolute atomic E-state index is 0.0742. The lowest BCUT2D eigenvalue weighted by Gasteiger charge is -2.26. The highest BCUT2D eigenvalue weighted by molar-refractivity contribution is 7.91. The fraction of sp³-hybridized carbons (Fsp3) is 0.375. The van der Waals surface area contributed by atoms with Gasteiger partial charge in [0.25, 0.3) is 5.91 Å². The second-order valence-electron chi connectivity index (χ2n) is 5.67. The number of sulfonamides is 1. The van der Waals surface area contributed by atoms with Gasteiger partial charge in [0.1, 0.15) is 4.21 Å². The minimum atomic E-state index is -3.60. The third-order valence-electron chi connectivity index (χ3n) is 3.90. The summed E-state index contributed by atoms with van der Waals surface area (Å²) in [6, 6.07) is 5.13. The predicted octanol–water partition coefficient (Wildman–Crippen LogP) is 1.61. The SMILES string of the molecule is O=C(CCNS(=O)(=O)c1cccs1)OCC(=O)N1CCc2sccc2C1. The van der Waals surface area contributed by atoms with Gasteiger partial charge in [0.2, 0.25) is 10.0 Å². The van der Waals surface area contributed by atoms with E-state index in [9.17, 15) is 18.0 Å². The highest BCUT2D eigenvalue weighted by atomic mass is 32.2. The maximum Gasteiger partial charge on any atom is 0.307 e. The van der Waals surface area contributed by atoms with Gasteiger partial charge < -0.3 is 9.64 Å². The quantitative estimate of drug-likeness (QED) is 0.695. The standard InChI is InChI=1S/C16H18N2O5S3/c19-14(18-7-4-13-12(10-18)5-9-24-13)11-23-15(20)3-6-17-26(21,22)16-2-1-8-25-16/h1-2,5,8-9,17H,3-4,6-7,10-11H2. The number of esters is 1. The van der Waals surface area contributed by atoms with Crippen molar-refractivity contribution in [1.29, 1.82) is 0 Å². The number of nitrogens with zero attached hydrogens (tertiary/aromatic N) is 1. The molecule has 2 aromatic rings. The Balaban J connectivity index is 1.38. The summed E-state index contributed by atoms with van der Waals surface area (Å²) in [6.07, 6.45) is 0.684. The number of nitrogens with one attached hydrogen (secondary N) is 1. The van der Waals surface area contributed by atoms with Crippen molar-refractivity contribution in [3.63, 3.8) is 0 Å². The normalized spacial score (nSPS) is 14.1. The van der Waals surface area contributed by atoms with Crippen LogP contribution in [0.3, 0.4) is 0 Å². The molecule has 0 unspecified atom stereocenters. The first-order valence-electron chi connectivity index (χ1n) is 7.97. The molecule has 0 bridgehead atoms. The Hall–Kier alpha value is -1.75. The number of carbonyl (C=O) groups is 2. The van der Waals surface area contributed by atoms with Crippen LogP contribution in [0, 0.1) is 0 Å². The summed E-state index contributed by atoms with van der Waals surface area (Å²) >= 11 is 2.79. The Morgan fingerprint density at radius 1 is 1.23 bits per heavy atom. The molecule has 0 saturated heterocycles. The van der Waals surface area contributed by atoms with Crippen LogP contribution in [0.15, 0.2) is 33.2 Å². The molecule has 2 aromatic heterocycles. The molecule has 26 heavy (non-hydrogen) atoms. The zero-order valence-corrected chi connectivity index (χ0v) is 16.3. The van der Waals surface area contributed by atoms with Crippen molar-refractivity contribution in [2.75, 3.05) is 19.7 Å². The van der Waals surface area contributed by atoms with Gasteiger partial charge in [0, 0.05) is 24.5 Å². The number of rotatable bonds is 7. The van der Waals surface area contributed by atoms with E-state index in [0.29, 0.717) is 13.1 Å². The van der Waals surface area contributed by atoms with E-state index in [2.05, 4.69) is 4.72 Å².